The number of benzene rings is 2. The molecule has 0 aliphatic carbocycles. The van der Waals surface area contributed by atoms with Gasteiger partial charge in [0.1, 0.15) is 6.29 Å². The standard InChI is InChI=1S/C14H9ClN2O2/c15-14(19)11-3-7-13(8-4-11)17-16-12-5-1-10(9-18)2-6-12/h1-9H. The molecule has 0 fully saturated rings. The van der Waals surface area contributed by atoms with Gasteiger partial charge in [-0.2, -0.15) is 10.2 Å². The lowest BCUT2D eigenvalue weighted by atomic mass is 10.2. The van der Waals surface area contributed by atoms with Crippen LogP contribution in [0.25, 0.3) is 0 Å². The Labute approximate surface area is 114 Å². The zero-order valence-corrected chi connectivity index (χ0v) is 10.5. The molecule has 0 radical (unpaired) electrons. The van der Waals surface area contributed by atoms with Crippen LogP contribution < -0.4 is 0 Å². The molecule has 4 nitrogen and oxygen atoms in total. The Bertz CT molecular complexity index is 619. The number of rotatable bonds is 4. The summed E-state index contributed by atoms with van der Waals surface area (Å²) in [5, 5.41) is 7.53. The molecular weight excluding hydrogens is 264 g/mol. The first-order valence-electron chi connectivity index (χ1n) is 5.46. The Morgan fingerprint density at radius 1 is 0.895 bits per heavy atom. The number of azo groups is 1. The lowest BCUT2D eigenvalue weighted by molar-refractivity contribution is 0.108. The SMILES string of the molecule is O=Cc1ccc(N=Nc2ccc(C(=O)Cl)cc2)cc1. The molecule has 5 heteroatoms. The molecule has 0 aliphatic heterocycles. The number of nitrogens with zero attached hydrogens (tertiary/aromatic N) is 2. The van der Waals surface area contributed by atoms with Gasteiger partial charge in [-0.25, -0.2) is 0 Å². The van der Waals surface area contributed by atoms with Gasteiger partial charge < -0.3 is 0 Å². The zero-order valence-electron chi connectivity index (χ0n) is 9.79. The predicted octanol–water partition coefficient (Wildman–Crippen LogP) is 4.29. The maximum atomic E-state index is 10.9. The van der Waals surface area contributed by atoms with E-state index in [-0.39, 0.29) is 0 Å². The van der Waals surface area contributed by atoms with Crippen LogP contribution >= 0.6 is 11.6 Å². The molecule has 2 aromatic carbocycles. The van der Waals surface area contributed by atoms with Gasteiger partial charge in [0.25, 0.3) is 5.24 Å². The smallest absolute Gasteiger partial charge is 0.252 e. The van der Waals surface area contributed by atoms with Crippen molar-refractivity contribution in [2.45, 2.75) is 0 Å². The van der Waals surface area contributed by atoms with Gasteiger partial charge in [-0.1, -0.05) is 0 Å². The molecule has 0 N–H and O–H groups in total. The summed E-state index contributed by atoms with van der Waals surface area (Å²) in [6.45, 7) is 0. The van der Waals surface area contributed by atoms with Crippen LogP contribution in [0.4, 0.5) is 11.4 Å². The van der Waals surface area contributed by atoms with Crippen molar-refractivity contribution in [3.8, 4) is 0 Å². The maximum Gasteiger partial charge on any atom is 0.252 e. The van der Waals surface area contributed by atoms with Gasteiger partial charge >= 0.3 is 0 Å². The Hall–Kier alpha value is -2.33. The van der Waals surface area contributed by atoms with Gasteiger partial charge in [0.2, 0.25) is 0 Å². The van der Waals surface area contributed by atoms with E-state index in [0.29, 0.717) is 22.5 Å². The van der Waals surface area contributed by atoms with Crippen molar-refractivity contribution < 1.29 is 9.59 Å². The monoisotopic (exact) mass is 272 g/mol. The minimum Gasteiger partial charge on any atom is -0.298 e. The normalized spacial score (nSPS) is 10.6. The molecule has 0 heterocycles. The highest BCUT2D eigenvalue weighted by Crippen LogP contribution is 2.19. The van der Waals surface area contributed by atoms with Crippen LogP contribution in [0, 0.1) is 0 Å². The van der Waals surface area contributed by atoms with Crippen LogP contribution in [0.5, 0.6) is 0 Å². The van der Waals surface area contributed by atoms with Gasteiger partial charge in [-0.3, -0.25) is 9.59 Å². The maximum absolute atomic E-state index is 10.9. The van der Waals surface area contributed by atoms with E-state index >= 15 is 0 Å². The van der Waals surface area contributed by atoms with Crippen LogP contribution in [0.1, 0.15) is 20.7 Å². The molecule has 2 rings (SSSR count). The lowest BCUT2D eigenvalue weighted by Gasteiger charge is -1.95. The predicted molar refractivity (Wildman–Crippen MR) is 72.6 cm³/mol. The summed E-state index contributed by atoms with van der Waals surface area (Å²) in [4.78, 5) is 21.4. The fourth-order valence-electron chi connectivity index (χ4n) is 1.39. The summed E-state index contributed by atoms with van der Waals surface area (Å²) >= 11 is 5.34. The third-order valence-corrected chi connectivity index (χ3v) is 2.62. The molecule has 19 heavy (non-hydrogen) atoms. The van der Waals surface area contributed by atoms with E-state index in [1.54, 1.807) is 48.5 Å². The lowest BCUT2D eigenvalue weighted by Crippen LogP contribution is -1.85. The summed E-state index contributed by atoms with van der Waals surface area (Å²) in [7, 11) is 0. The summed E-state index contributed by atoms with van der Waals surface area (Å²) < 4.78 is 0. The molecule has 0 spiro atoms. The van der Waals surface area contributed by atoms with Crippen molar-refractivity contribution in [1.29, 1.82) is 0 Å². The second-order valence-corrected chi connectivity index (χ2v) is 4.07. The molecule has 0 atom stereocenters. The van der Waals surface area contributed by atoms with Crippen LogP contribution in [0.2, 0.25) is 0 Å². The van der Waals surface area contributed by atoms with Gasteiger partial charge in [0.15, 0.2) is 0 Å². The van der Waals surface area contributed by atoms with E-state index < -0.39 is 5.24 Å². The fraction of sp³-hybridized carbons (Fsp3) is 0. The van der Waals surface area contributed by atoms with Crippen molar-refractivity contribution in [2.75, 3.05) is 0 Å². The number of hydrogen-bond acceptors (Lipinski definition) is 4. The number of aldehydes is 1. The first-order chi connectivity index (χ1) is 9.19. The quantitative estimate of drug-likeness (QED) is 0.473. The minimum absolute atomic E-state index is 0.413. The molecule has 2 aromatic rings. The average Bonchev–Trinajstić information content (AvgIpc) is 2.46. The van der Waals surface area contributed by atoms with Crippen LogP contribution in [0.15, 0.2) is 58.8 Å². The second kappa shape index (κ2) is 6.02. The first-order valence-corrected chi connectivity index (χ1v) is 5.84. The number of halogens is 1. The topological polar surface area (TPSA) is 58.9 Å². The van der Waals surface area contributed by atoms with E-state index in [9.17, 15) is 9.59 Å². The van der Waals surface area contributed by atoms with E-state index in [0.717, 1.165) is 6.29 Å². The molecule has 0 bridgehead atoms. The van der Waals surface area contributed by atoms with Crippen LogP contribution in [0.3, 0.4) is 0 Å². The van der Waals surface area contributed by atoms with Crippen molar-refractivity contribution in [1.82, 2.24) is 0 Å². The molecule has 0 saturated heterocycles. The second-order valence-electron chi connectivity index (χ2n) is 3.73. The number of carbonyl (C=O) groups excluding carboxylic acids is 2. The van der Waals surface area contributed by atoms with E-state index in [1.165, 1.54) is 0 Å². The zero-order chi connectivity index (χ0) is 13.7. The molecule has 0 unspecified atom stereocenters. The Morgan fingerprint density at radius 2 is 1.37 bits per heavy atom. The Balaban J connectivity index is 2.12. The number of hydrogen-bond donors (Lipinski definition) is 0. The highest BCUT2D eigenvalue weighted by atomic mass is 35.5. The Morgan fingerprint density at radius 3 is 1.79 bits per heavy atom. The van der Waals surface area contributed by atoms with Gasteiger partial charge in [-0.15, -0.1) is 0 Å². The Kier molecular flexibility index (Phi) is 4.15. The van der Waals surface area contributed by atoms with Crippen LogP contribution in [-0.4, -0.2) is 11.5 Å². The molecule has 0 aliphatic rings. The van der Waals surface area contributed by atoms with Crippen LogP contribution in [-0.2, 0) is 0 Å². The summed E-state index contributed by atoms with van der Waals surface area (Å²) in [6.07, 6.45) is 0.767. The summed E-state index contributed by atoms with van der Waals surface area (Å²) in [6, 6.07) is 13.2. The van der Waals surface area contributed by atoms with E-state index in [4.69, 9.17) is 11.6 Å². The number of carbonyl (C=O) groups is 2. The van der Waals surface area contributed by atoms with Gasteiger partial charge in [0.05, 0.1) is 11.4 Å². The van der Waals surface area contributed by atoms with Gasteiger partial charge in [0, 0.05) is 11.1 Å². The summed E-state index contributed by atoms with van der Waals surface area (Å²) in [5.74, 6) is 0. The van der Waals surface area contributed by atoms with Crippen molar-refractivity contribution in [3.05, 3.63) is 59.7 Å². The van der Waals surface area contributed by atoms with E-state index in [1.807, 2.05) is 0 Å². The highest BCUT2D eigenvalue weighted by molar-refractivity contribution is 6.67. The minimum atomic E-state index is -0.507. The summed E-state index contributed by atoms with van der Waals surface area (Å²) in [5.41, 5.74) is 2.25. The highest BCUT2D eigenvalue weighted by Gasteiger charge is 2.00. The molecule has 0 aromatic heterocycles. The van der Waals surface area contributed by atoms with Gasteiger partial charge in [-0.05, 0) is 60.1 Å². The van der Waals surface area contributed by atoms with Crippen molar-refractivity contribution in [2.24, 2.45) is 10.2 Å². The van der Waals surface area contributed by atoms with E-state index in [2.05, 4.69) is 10.2 Å². The molecule has 94 valence electrons. The molecular formula is C14H9ClN2O2. The third-order valence-electron chi connectivity index (χ3n) is 2.40. The van der Waals surface area contributed by atoms with Crippen molar-refractivity contribution in [3.63, 3.8) is 0 Å². The molecule has 0 amide bonds. The van der Waals surface area contributed by atoms with Crippen molar-refractivity contribution >= 4 is 34.5 Å². The largest absolute Gasteiger partial charge is 0.298 e. The first kappa shape index (κ1) is 13.1. The average molecular weight is 273 g/mol. The fourth-order valence-corrected chi connectivity index (χ4v) is 1.52. The third kappa shape index (κ3) is 3.56. The molecule has 0 saturated carbocycles.